The highest BCUT2D eigenvalue weighted by atomic mass is 19.1. The van der Waals surface area contributed by atoms with E-state index in [1.165, 1.54) is 12.1 Å². The van der Waals surface area contributed by atoms with Crippen molar-refractivity contribution in [1.29, 1.82) is 0 Å². The lowest BCUT2D eigenvalue weighted by Crippen LogP contribution is -2.06. The molecule has 4 nitrogen and oxygen atoms in total. The number of halogens is 1. The molecule has 88 valence electrons. The molecular formula is C12H12FN3O. The SMILES string of the molecule is Nc1nc(C2CCOC2)c2ccc(F)cc2n1. The molecule has 1 aliphatic heterocycles. The summed E-state index contributed by atoms with van der Waals surface area (Å²) in [6.07, 6.45) is 0.920. The zero-order valence-electron chi connectivity index (χ0n) is 9.19. The quantitative estimate of drug-likeness (QED) is 0.816. The Hall–Kier alpha value is -1.75. The van der Waals surface area contributed by atoms with Crippen LogP contribution in [0.3, 0.4) is 0 Å². The van der Waals surface area contributed by atoms with E-state index in [0.717, 1.165) is 24.1 Å². The molecule has 17 heavy (non-hydrogen) atoms. The van der Waals surface area contributed by atoms with Gasteiger partial charge in [0, 0.05) is 24.0 Å². The monoisotopic (exact) mass is 233 g/mol. The fraction of sp³-hybridized carbons (Fsp3) is 0.333. The van der Waals surface area contributed by atoms with Crippen LogP contribution in [0.15, 0.2) is 18.2 Å². The molecule has 2 heterocycles. The van der Waals surface area contributed by atoms with E-state index in [9.17, 15) is 4.39 Å². The van der Waals surface area contributed by atoms with Crippen molar-refractivity contribution in [2.75, 3.05) is 18.9 Å². The van der Waals surface area contributed by atoms with Gasteiger partial charge in [-0.15, -0.1) is 0 Å². The fourth-order valence-corrected chi connectivity index (χ4v) is 2.21. The van der Waals surface area contributed by atoms with Crippen LogP contribution in [0.5, 0.6) is 0 Å². The van der Waals surface area contributed by atoms with Gasteiger partial charge in [0.25, 0.3) is 0 Å². The van der Waals surface area contributed by atoms with Gasteiger partial charge in [-0.3, -0.25) is 0 Å². The number of aromatic nitrogens is 2. The molecule has 1 saturated heterocycles. The highest BCUT2D eigenvalue weighted by molar-refractivity contribution is 5.82. The number of nitrogens with two attached hydrogens (primary N) is 1. The number of nitrogen functional groups attached to an aromatic ring is 1. The molecule has 1 fully saturated rings. The van der Waals surface area contributed by atoms with Crippen LogP contribution >= 0.6 is 0 Å². The summed E-state index contributed by atoms with van der Waals surface area (Å²) in [6, 6.07) is 4.51. The summed E-state index contributed by atoms with van der Waals surface area (Å²) >= 11 is 0. The van der Waals surface area contributed by atoms with Gasteiger partial charge in [-0.25, -0.2) is 14.4 Å². The van der Waals surface area contributed by atoms with E-state index in [1.54, 1.807) is 6.07 Å². The Bertz CT molecular complexity index is 562. The lowest BCUT2D eigenvalue weighted by Gasteiger charge is -2.11. The first-order valence-corrected chi connectivity index (χ1v) is 5.54. The van der Waals surface area contributed by atoms with E-state index in [-0.39, 0.29) is 17.7 Å². The van der Waals surface area contributed by atoms with Crippen LogP contribution in [0.1, 0.15) is 18.0 Å². The van der Waals surface area contributed by atoms with E-state index < -0.39 is 0 Å². The van der Waals surface area contributed by atoms with E-state index >= 15 is 0 Å². The van der Waals surface area contributed by atoms with Crippen molar-refractivity contribution in [2.24, 2.45) is 0 Å². The van der Waals surface area contributed by atoms with E-state index in [2.05, 4.69) is 9.97 Å². The van der Waals surface area contributed by atoms with Crippen molar-refractivity contribution < 1.29 is 9.13 Å². The second-order valence-electron chi connectivity index (χ2n) is 4.19. The molecule has 2 aromatic rings. The summed E-state index contributed by atoms with van der Waals surface area (Å²) in [5, 5.41) is 0.858. The molecule has 1 unspecified atom stereocenters. The Morgan fingerprint density at radius 3 is 3.00 bits per heavy atom. The third-order valence-electron chi connectivity index (χ3n) is 3.02. The number of rotatable bonds is 1. The van der Waals surface area contributed by atoms with Gasteiger partial charge in [-0.2, -0.15) is 0 Å². The second kappa shape index (κ2) is 3.92. The Morgan fingerprint density at radius 2 is 2.24 bits per heavy atom. The van der Waals surface area contributed by atoms with Gasteiger partial charge < -0.3 is 10.5 Å². The van der Waals surface area contributed by atoms with E-state index in [1.807, 2.05) is 0 Å². The van der Waals surface area contributed by atoms with Crippen molar-refractivity contribution in [3.05, 3.63) is 29.7 Å². The number of benzene rings is 1. The first-order chi connectivity index (χ1) is 8.24. The molecule has 1 aliphatic rings. The van der Waals surface area contributed by atoms with Crippen LogP contribution in [-0.4, -0.2) is 23.2 Å². The maximum absolute atomic E-state index is 13.2. The topological polar surface area (TPSA) is 61.0 Å². The molecule has 0 aliphatic carbocycles. The number of hydrogen-bond donors (Lipinski definition) is 1. The van der Waals surface area contributed by atoms with Crippen LogP contribution in [0.25, 0.3) is 10.9 Å². The van der Waals surface area contributed by atoms with Crippen molar-refractivity contribution in [3.8, 4) is 0 Å². The highest BCUT2D eigenvalue weighted by Gasteiger charge is 2.22. The predicted octanol–water partition coefficient (Wildman–Crippen LogP) is 1.85. The molecule has 5 heteroatoms. The summed E-state index contributed by atoms with van der Waals surface area (Å²) < 4.78 is 18.5. The number of hydrogen-bond acceptors (Lipinski definition) is 4. The van der Waals surface area contributed by atoms with Crippen LogP contribution in [0.2, 0.25) is 0 Å². The minimum absolute atomic E-state index is 0.185. The molecule has 0 spiro atoms. The van der Waals surface area contributed by atoms with Crippen LogP contribution in [-0.2, 0) is 4.74 Å². The number of anilines is 1. The molecule has 1 aromatic heterocycles. The number of ether oxygens (including phenoxy) is 1. The first kappa shape index (κ1) is 10.4. The summed E-state index contributed by atoms with van der Waals surface area (Å²) in [5.74, 6) is 0.0995. The van der Waals surface area contributed by atoms with Gasteiger partial charge in [0.2, 0.25) is 5.95 Å². The molecular weight excluding hydrogens is 221 g/mol. The van der Waals surface area contributed by atoms with Gasteiger partial charge >= 0.3 is 0 Å². The lowest BCUT2D eigenvalue weighted by atomic mass is 10.0. The van der Waals surface area contributed by atoms with E-state index in [4.69, 9.17) is 10.5 Å². The molecule has 0 bridgehead atoms. The van der Waals surface area contributed by atoms with Gasteiger partial charge in [0.15, 0.2) is 0 Å². The molecule has 1 atom stereocenters. The summed E-state index contributed by atoms with van der Waals surface area (Å²) in [5.41, 5.74) is 7.08. The Labute approximate surface area is 97.6 Å². The molecule has 0 amide bonds. The van der Waals surface area contributed by atoms with Crippen molar-refractivity contribution in [1.82, 2.24) is 9.97 Å². The molecule has 0 radical (unpaired) electrons. The van der Waals surface area contributed by atoms with Crippen LogP contribution < -0.4 is 5.73 Å². The molecule has 3 rings (SSSR count). The zero-order valence-corrected chi connectivity index (χ0v) is 9.19. The normalized spacial score (nSPS) is 19.9. The minimum atomic E-state index is -0.316. The Kier molecular flexibility index (Phi) is 2.40. The van der Waals surface area contributed by atoms with Crippen molar-refractivity contribution in [2.45, 2.75) is 12.3 Å². The fourth-order valence-electron chi connectivity index (χ4n) is 2.21. The van der Waals surface area contributed by atoms with Gasteiger partial charge in [-0.1, -0.05) is 0 Å². The largest absolute Gasteiger partial charge is 0.381 e. The third-order valence-corrected chi connectivity index (χ3v) is 3.02. The number of nitrogens with zero attached hydrogens (tertiary/aromatic N) is 2. The Balaban J connectivity index is 2.21. The summed E-state index contributed by atoms with van der Waals surface area (Å²) in [4.78, 5) is 8.33. The maximum atomic E-state index is 13.2. The zero-order chi connectivity index (χ0) is 11.8. The summed E-state index contributed by atoms with van der Waals surface area (Å²) in [6.45, 7) is 1.38. The van der Waals surface area contributed by atoms with Crippen molar-refractivity contribution >= 4 is 16.9 Å². The molecule has 2 N–H and O–H groups in total. The third kappa shape index (κ3) is 1.82. The maximum Gasteiger partial charge on any atom is 0.220 e. The van der Waals surface area contributed by atoms with Gasteiger partial charge in [-0.05, 0) is 18.6 Å². The average molecular weight is 233 g/mol. The van der Waals surface area contributed by atoms with Gasteiger partial charge in [0.05, 0.1) is 17.8 Å². The Morgan fingerprint density at radius 1 is 1.35 bits per heavy atom. The second-order valence-corrected chi connectivity index (χ2v) is 4.19. The van der Waals surface area contributed by atoms with E-state index in [0.29, 0.717) is 12.1 Å². The van der Waals surface area contributed by atoms with Crippen LogP contribution in [0.4, 0.5) is 10.3 Å². The smallest absolute Gasteiger partial charge is 0.220 e. The van der Waals surface area contributed by atoms with Crippen LogP contribution in [0, 0.1) is 5.82 Å². The van der Waals surface area contributed by atoms with Gasteiger partial charge in [0.1, 0.15) is 5.82 Å². The standard InChI is InChI=1S/C12H12FN3O/c13-8-1-2-9-10(5-8)15-12(14)16-11(9)7-3-4-17-6-7/h1-2,5,7H,3-4,6H2,(H2,14,15,16). The lowest BCUT2D eigenvalue weighted by molar-refractivity contribution is 0.193. The number of fused-ring (bicyclic) bond motifs is 1. The molecule has 1 aromatic carbocycles. The minimum Gasteiger partial charge on any atom is -0.381 e. The summed E-state index contributed by atoms with van der Waals surface area (Å²) in [7, 11) is 0. The first-order valence-electron chi connectivity index (χ1n) is 5.54. The molecule has 0 saturated carbocycles. The van der Waals surface area contributed by atoms with Crippen molar-refractivity contribution in [3.63, 3.8) is 0 Å². The highest BCUT2D eigenvalue weighted by Crippen LogP contribution is 2.29. The average Bonchev–Trinajstić information content (AvgIpc) is 2.80. The predicted molar refractivity (Wildman–Crippen MR) is 62.1 cm³/mol.